The number of imidazole rings is 1. The molecule has 2 aromatic rings. The van der Waals surface area contributed by atoms with Gasteiger partial charge in [0, 0.05) is 0 Å². The highest BCUT2D eigenvalue weighted by atomic mass is 32.2. The minimum Gasteiger partial charge on any atom is -0.481 e. The summed E-state index contributed by atoms with van der Waals surface area (Å²) in [5.74, 6) is -4.45. The summed E-state index contributed by atoms with van der Waals surface area (Å²) in [6, 6.07) is 1.17. The number of carboxylic acids is 1. The molecule has 21 heavy (non-hydrogen) atoms. The third kappa shape index (κ3) is 2.82. The number of halogens is 2. The molecule has 1 unspecified atom stereocenters. The Balaban J connectivity index is 2.67. The fraction of sp³-hybridized carbons (Fsp3) is 0.250. The van der Waals surface area contributed by atoms with E-state index >= 15 is 0 Å². The van der Waals surface area contributed by atoms with Gasteiger partial charge in [-0.15, -0.1) is 0 Å². The molecular formula is C12H11F2N3O3S. The third-order valence-corrected chi connectivity index (χ3v) is 3.77. The molecular weight excluding hydrogens is 304 g/mol. The van der Waals surface area contributed by atoms with Crippen LogP contribution >= 0.6 is 11.8 Å². The van der Waals surface area contributed by atoms with Gasteiger partial charge in [0.05, 0.1) is 11.3 Å². The van der Waals surface area contributed by atoms with E-state index in [1.54, 1.807) is 0 Å². The summed E-state index contributed by atoms with van der Waals surface area (Å²) in [5, 5.41) is 8.79. The lowest BCUT2D eigenvalue weighted by molar-refractivity contribution is -0.133. The molecule has 6 nitrogen and oxygen atoms in total. The lowest BCUT2D eigenvalue weighted by atomic mass is 10.2. The fourth-order valence-corrected chi connectivity index (χ4v) is 2.62. The zero-order valence-electron chi connectivity index (χ0n) is 10.8. The molecule has 0 saturated carbocycles. The highest BCUT2D eigenvalue weighted by molar-refractivity contribution is 7.99. The van der Waals surface area contributed by atoms with Gasteiger partial charge in [-0.25, -0.2) is 13.8 Å². The van der Waals surface area contributed by atoms with Crippen LogP contribution in [0.1, 0.15) is 13.0 Å². The van der Waals surface area contributed by atoms with E-state index < -0.39 is 29.6 Å². The molecule has 0 aliphatic rings. The zero-order chi connectivity index (χ0) is 15.7. The SMILES string of the molecule is CC(C(N)=O)n1c(SCC(=O)O)nc2ccc(F)c(F)c21. The molecule has 1 aromatic heterocycles. The van der Waals surface area contributed by atoms with Crippen LogP contribution in [0.2, 0.25) is 0 Å². The van der Waals surface area contributed by atoms with Gasteiger partial charge in [0.2, 0.25) is 5.91 Å². The fourth-order valence-electron chi connectivity index (χ4n) is 1.82. The van der Waals surface area contributed by atoms with Crippen LogP contribution in [0.15, 0.2) is 17.3 Å². The molecule has 0 saturated heterocycles. The first-order valence-corrected chi connectivity index (χ1v) is 6.81. The molecule has 9 heteroatoms. The van der Waals surface area contributed by atoms with E-state index in [1.807, 2.05) is 0 Å². The number of hydrogen-bond donors (Lipinski definition) is 2. The molecule has 3 N–H and O–H groups in total. The molecule has 2 rings (SSSR count). The molecule has 1 amide bonds. The standard InChI is InChI=1S/C12H11F2N3O3S/c1-5(11(15)20)17-10-7(3-2-6(13)9(10)14)16-12(17)21-4-8(18)19/h2-3,5H,4H2,1H3,(H2,15,20)(H,18,19). The van der Waals surface area contributed by atoms with Crippen LogP contribution in [-0.4, -0.2) is 32.3 Å². The van der Waals surface area contributed by atoms with Gasteiger partial charge in [-0.05, 0) is 19.1 Å². The summed E-state index contributed by atoms with van der Waals surface area (Å²) in [5.41, 5.74) is 5.11. The summed E-state index contributed by atoms with van der Waals surface area (Å²) in [6.45, 7) is 1.40. The topological polar surface area (TPSA) is 98.2 Å². The maximum Gasteiger partial charge on any atom is 0.313 e. The Morgan fingerprint density at radius 1 is 1.48 bits per heavy atom. The van der Waals surface area contributed by atoms with Gasteiger partial charge in [-0.3, -0.25) is 9.59 Å². The summed E-state index contributed by atoms with van der Waals surface area (Å²) in [4.78, 5) is 26.0. The van der Waals surface area contributed by atoms with Crippen LogP contribution in [0.5, 0.6) is 0 Å². The van der Waals surface area contributed by atoms with Gasteiger partial charge < -0.3 is 15.4 Å². The molecule has 0 aliphatic heterocycles. The lowest BCUT2D eigenvalue weighted by Gasteiger charge is -2.14. The molecule has 0 radical (unpaired) electrons. The number of rotatable bonds is 5. The van der Waals surface area contributed by atoms with Gasteiger partial charge in [-0.1, -0.05) is 11.8 Å². The normalized spacial score (nSPS) is 12.5. The maximum absolute atomic E-state index is 14.0. The lowest BCUT2D eigenvalue weighted by Crippen LogP contribution is -2.25. The number of aromatic nitrogens is 2. The Labute approximate surface area is 121 Å². The van der Waals surface area contributed by atoms with E-state index in [2.05, 4.69) is 4.98 Å². The number of carboxylic acid groups (broad SMARTS) is 1. The Hall–Kier alpha value is -2.16. The van der Waals surface area contributed by atoms with Crippen molar-refractivity contribution in [1.29, 1.82) is 0 Å². The summed E-state index contributed by atoms with van der Waals surface area (Å²) in [7, 11) is 0. The Bertz CT molecular complexity index is 732. The number of fused-ring (bicyclic) bond motifs is 1. The Morgan fingerprint density at radius 2 is 2.14 bits per heavy atom. The molecule has 0 bridgehead atoms. The van der Waals surface area contributed by atoms with Gasteiger partial charge in [0.25, 0.3) is 0 Å². The number of benzene rings is 1. The number of primary amides is 1. The molecule has 1 heterocycles. The molecule has 0 spiro atoms. The maximum atomic E-state index is 14.0. The van der Waals surface area contributed by atoms with Gasteiger partial charge in [0.15, 0.2) is 16.8 Å². The number of thioether (sulfide) groups is 1. The minimum atomic E-state index is -1.16. The highest BCUT2D eigenvalue weighted by Crippen LogP contribution is 2.30. The van der Waals surface area contributed by atoms with Crippen molar-refractivity contribution in [2.45, 2.75) is 18.1 Å². The Morgan fingerprint density at radius 3 is 2.71 bits per heavy atom. The molecule has 1 aromatic carbocycles. The van der Waals surface area contributed by atoms with Crippen molar-refractivity contribution in [3.05, 3.63) is 23.8 Å². The number of carbonyl (C=O) groups is 2. The second-order valence-corrected chi connectivity index (χ2v) is 5.20. The van der Waals surface area contributed by atoms with Crippen molar-refractivity contribution in [3.63, 3.8) is 0 Å². The number of carbonyl (C=O) groups excluding carboxylic acids is 1. The second kappa shape index (κ2) is 5.68. The van der Waals surface area contributed by atoms with E-state index in [9.17, 15) is 18.4 Å². The molecule has 112 valence electrons. The van der Waals surface area contributed by atoms with Crippen molar-refractivity contribution in [2.24, 2.45) is 5.73 Å². The third-order valence-electron chi connectivity index (χ3n) is 2.83. The Kier molecular flexibility index (Phi) is 4.12. The van der Waals surface area contributed by atoms with Gasteiger partial charge >= 0.3 is 5.97 Å². The van der Waals surface area contributed by atoms with Gasteiger partial charge in [0.1, 0.15) is 11.6 Å². The van der Waals surface area contributed by atoms with Crippen molar-refractivity contribution in [1.82, 2.24) is 9.55 Å². The van der Waals surface area contributed by atoms with Crippen molar-refractivity contribution in [3.8, 4) is 0 Å². The number of hydrogen-bond acceptors (Lipinski definition) is 4. The summed E-state index contributed by atoms with van der Waals surface area (Å²) >= 11 is 0.797. The minimum absolute atomic E-state index is 0.0863. The van der Waals surface area contributed by atoms with Crippen LogP contribution in [0.25, 0.3) is 11.0 Å². The van der Waals surface area contributed by atoms with Crippen LogP contribution in [0, 0.1) is 11.6 Å². The smallest absolute Gasteiger partial charge is 0.313 e. The number of amides is 1. The van der Waals surface area contributed by atoms with E-state index in [-0.39, 0.29) is 21.9 Å². The van der Waals surface area contributed by atoms with Crippen molar-refractivity contribution >= 4 is 34.7 Å². The van der Waals surface area contributed by atoms with E-state index in [0.717, 1.165) is 22.4 Å². The number of nitrogens with zero attached hydrogens (tertiary/aromatic N) is 2. The van der Waals surface area contributed by atoms with Crippen LogP contribution in [0.4, 0.5) is 8.78 Å². The first kappa shape index (κ1) is 15.2. The zero-order valence-corrected chi connectivity index (χ0v) is 11.7. The average Bonchev–Trinajstić information content (AvgIpc) is 2.78. The quantitative estimate of drug-likeness (QED) is 0.816. The van der Waals surface area contributed by atoms with E-state index in [0.29, 0.717) is 0 Å². The molecule has 0 fully saturated rings. The number of aliphatic carboxylic acids is 1. The molecule has 0 aliphatic carbocycles. The molecule has 1 atom stereocenters. The highest BCUT2D eigenvalue weighted by Gasteiger charge is 2.24. The predicted molar refractivity (Wildman–Crippen MR) is 71.9 cm³/mol. The van der Waals surface area contributed by atoms with Crippen LogP contribution in [0.3, 0.4) is 0 Å². The second-order valence-electron chi connectivity index (χ2n) is 4.25. The monoisotopic (exact) mass is 315 g/mol. The van der Waals surface area contributed by atoms with Crippen molar-refractivity contribution in [2.75, 3.05) is 5.75 Å². The van der Waals surface area contributed by atoms with Gasteiger partial charge in [-0.2, -0.15) is 0 Å². The van der Waals surface area contributed by atoms with Crippen molar-refractivity contribution < 1.29 is 23.5 Å². The number of nitrogens with two attached hydrogens (primary N) is 1. The van der Waals surface area contributed by atoms with Crippen LogP contribution < -0.4 is 5.73 Å². The first-order valence-electron chi connectivity index (χ1n) is 5.82. The average molecular weight is 315 g/mol. The predicted octanol–water partition coefficient (Wildman–Crippen LogP) is 1.54. The summed E-state index contributed by atoms with van der Waals surface area (Å²) < 4.78 is 28.5. The van der Waals surface area contributed by atoms with Crippen LogP contribution in [-0.2, 0) is 9.59 Å². The van der Waals surface area contributed by atoms with E-state index in [4.69, 9.17) is 10.8 Å². The summed E-state index contributed by atoms with van der Waals surface area (Å²) in [6.07, 6.45) is 0. The first-order chi connectivity index (χ1) is 9.82. The van der Waals surface area contributed by atoms with E-state index in [1.165, 1.54) is 13.0 Å². The largest absolute Gasteiger partial charge is 0.481 e.